The van der Waals surface area contributed by atoms with E-state index in [2.05, 4.69) is 30.8 Å². The smallest absolute Gasteiger partial charge is 0.260 e. The van der Waals surface area contributed by atoms with E-state index < -0.39 is 17.8 Å². The Morgan fingerprint density at radius 3 is 2.56 bits per heavy atom. The van der Waals surface area contributed by atoms with Crippen molar-refractivity contribution in [2.45, 2.75) is 19.4 Å². The lowest BCUT2D eigenvalue weighted by molar-refractivity contribution is -0.121. The molecule has 4 rings (SSSR count). The number of thiazole rings is 1. The maximum absolute atomic E-state index is 13.8. The predicted molar refractivity (Wildman–Crippen MR) is 118 cm³/mol. The molecule has 1 atom stereocenters. The summed E-state index contributed by atoms with van der Waals surface area (Å²) in [5.74, 6) is -0.394. The fraction of sp³-hybridized carbons (Fsp3) is 0.136. The summed E-state index contributed by atoms with van der Waals surface area (Å²) in [6.45, 7) is 1.78. The van der Waals surface area contributed by atoms with E-state index in [0.29, 0.717) is 17.3 Å². The van der Waals surface area contributed by atoms with Crippen molar-refractivity contribution in [3.63, 3.8) is 0 Å². The molecule has 1 unspecified atom stereocenters. The topological polar surface area (TPSA) is 113 Å². The summed E-state index contributed by atoms with van der Waals surface area (Å²) in [6, 6.07) is 14.6. The van der Waals surface area contributed by atoms with Crippen LogP contribution < -0.4 is 10.6 Å². The number of benzene rings is 2. The highest BCUT2D eigenvalue weighted by molar-refractivity contribution is 7.14. The third kappa shape index (κ3) is 5.03. The number of nitrogens with one attached hydrogen (secondary N) is 3. The SMILES string of the molecule is Cc1nc(C(NC(=O)Cc2csc(NC(=O)c3ccccc3F)n2)c2ccccc2)n[nH]1. The molecule has 0 saturated heterocycles. The highest BCUT2D eigenvalue weighted by Crippen LogP contribution is 2.21. The van der Waals surface area contributed by atoms with Gasteiger partial charge < -0.3 is 5.32 Å². The fourth-order valence-corrected chi connectivity index (χ4v) is 3.77. The van der Waals surface area contributed by atoms with Crippen LogP contribution in [0.15, 0.2) is 60.0 Å². The van der Waals surface area contributed by atoms with E-state index in [1.54, 1.807) is 18.4 Å². The second-order valence-corrected chi connectivity index (χ2v) is 7.80. The zero-order chi connectivity index (χ0) is 22.5. The minimum Gasteiger partial charge on any atom is -0.342 e. The lowest BCUT2D eigenvalue weighted by atomic mass is 10.1. The number of hydrogen-bond acceptors (Lipinski definition) is 6. The number of aromatic amines is 1. The van der Waals surface area contributed by atoms with Crippen LogP contribution in [0.5, 0.6) is 0 Å². The van der Waals surface area contributed by atoms with Gasteiger partial charge in [0.1, 0.15) is 17.7 Å². The van der Waals surface area contributed by atoms with Crippen LogP contribution in [-0.2, 0) is 11.2 Å². The second kappa shape index (κ2) is 9.48. The van der Waals surface area contributed by atoms with E-state index >= 15 is 0 Å². The van der Waals surface area contributed by atoms with Gasteiger partial charge in [-0.1, -0.05) is 42.5 Å². The molecule has 3 N–H and O–H groups in total. The van der Waals surface area contributed by atoms with Crippen molar-refractivity contribution < 1.29 is 14.0 Å². The van der Waals surface area contributed by atoms with Crippen LogP contribution in [-0.4, -0.2) is 32.0 Å². The van der Waals surface area contributed by atoms with Gasteiger partial charge in [0.25, 0.3) is 5.91 Å². The maximum atomic E-state index is 13.8. The van der Waals surface area contributed by atoms with Gasteiger partial charge in [0.05, 0.1) is 17.7 Å². The molecule has 0 radical (unpaired) electrons. The molecule has 0 saturated carbocycles. The van der Waals surface area contributed by atoms with Gasteiger partial charge in [-0.25, -0.2) is 14.4 Å². The fourth-order valence-electron chi connectivity index (χ4n) is 3.06. The van der Waals surface area contributed by atoms with E-state index in [1.807, 2.05) is 30.3 Å². The molecule has 0 aliphatic carbocycles. The molecule has 2 aromatic carbocycles. The molecule has 2 aromatic heterocycles. The number of aryl methyl sites for hydroxylation is 1. The standard InChI is InChI=1S/C22H19FN6O2S/c1-13-24-20(29-28-13)19(14-7-3-2-4-8-14)26-18(30)11-15-12-32-22(25-15)27-21(31)16-9-5-6-10-17(16)23/h2-10,12,19H,11H2,1H3,(H,26,30)(H,24,28,29)(H,25,27,31). The van der Waals surface area contributed by atoms with Crippen LogP contribution in [0.2, 0.25) is 0 Å². The quantitative estimate of drug-likeness (QED) is 0.399. The molecule has 2 heterocycles. The molecule has 0 aliphatic heterocycles. The van der Waals surface area contributed by atoms with Gasteiger partial charge in [-0.3, -0.25) is 20.0 Å². The number of anilines is 1. The first-order valence-corrected chi connectivity index (χ1v) is 10.6. The Hall–Kier alpha value is -3.92. The third-order valence-corrected chi connectivity index (χ3v) is 5.35. The normalized spacial score (nSPS) is 11.7. The summed E-state index contributed by atoms with van der Waals surface area (Å²) in [4.78, 5) is 33.6. The van der Waals surface area contributed by atoms with Gasteiger partial charge in [0, 0.05) is 5.38 Å². The van der Waals surface area contributed by atoms with Gasteiger partial charge in [-0.15, -0.1) is 11.3 Å². The van der Waals surface area contributed by atoms with Crippen molar-refractivity contribution >= 4 is 28.3 Å². The van der Waals surface area contributed by atoms with Crippen molar-refractivity contribution in [2.75, 3.05) is 5.32 Å². The lowest BCUT2D eigenvalue weighted by Gasteiger charge is -2.16. The molecular weight excluding hydrogens is 431 g/mol. The molecular formula is C22H19FN6O2S. The number of nitrogens with zero attached hydrogens (tertiary/aromatic N) is 3. The Bertz CT molecular complexity index is 1240. The zero-order valence-electron chi connectivity index (χ0n) is 17.0. The van der Waals surface area contributed by atoms with Crippen LogP contribution in [0, 0.1) is 12.7 Å². The largest absolute Gasteiger partial charge is 0.342 e. The number of halogens is 1. The highest BCUT2D eigenvalue weighted by Gasteiger charge is 2.21. The number of hydrogen-bond donors (Lipinski definition) is 3. The number of rotatable bonds is 7. The van der Waals surface area contributed by atoms with E-state index in [9.17, 15) is 14.0 Å². The summed E-state index contributed by atoms with van der Waals surface area (Å²) in [5, 5.41) is 14.4. The number of amides is 2. The molecule has 0 bridgehead atoms. The molecule has 4 aromatic rings. The monoisotopic (exact) mass is 450 g/mol. The molecule has 32 heavy (non-hydrogen) atoms. The van der Waals surface area contributed by atoms with Gasteiger partial charge >= 0.3 is 0 Å². The van der Waals surface area contributed by atoms with Crippen molar-refractivity contribution in [3.8, 4) is 0 Å². The first-order chi connectivity index (χ1) is 15.5. The zero-order valence-corrected chi connectivity index (χ0v) is 17.8. The summed E-state index contributed by atoms with van der Waals surface area (Å²) >= 11 is 1.16. The van der Waals surface area contributed by atoms with E-state index in [1.165, 1.54) is 18.2 Å². The predicted octanol–water partition coefficient (Wildman–Crippen LogP) is 3.41. The summed E-state index contributed by atoms with van der Waals surface area (Å²) in [5.41, 5.74) is 1.25. The Morgan fingerprint density at radius 1 is 1.09 bits per heavy atom. The molecule has 0 aliphatic rings. The average Bonchev–Trinajstić information content (AvgIpc) is 3.41. The lowest BCUT2D eigenvalue weighted by Crippen LogP contribution is -2.31. The van der Waals surface area contributed by atoms with E-state index in [4.69, 9.17) is 0 Å². The minimum atomic E-state index is -0.615. The van der Waals surface area contributed by atoms with Gasteiger partial charge in [-0.05, 0) is 24.6 Å². The molecule has 0 spiro atoms. The van der Waals surface area contributed by atoms with Gasteiger partial charge in [0.2, 0.25) is 5.91 Å². The Kier molecular flexibility index (Phi) is 6.31. The molecule has 8 nitrogen and oxygen atoms in total. The van der Waals surface area contributed by atoms with Crippen LogP contribution in [0.3, 0.4) is 0 Å². The Labute approximate surface area is 186 Å². The number of aromatic nitrogens is 4. The Balaban J connectivity index is 1.43. The van der Waals surface area contributed by atoms with Gasteiger partial charge in [-0.2, -0.15) is 5.10 Å². The number of H-pyrrole nitrogens is 1. The summed E-state index contributed by atoms with van der Waals surface area (Å²) in [7, 11) is 0. The van der Waals surface area contributed by atoms with Crippen molar-refractivity contribution in [1.82, 2.24) is 25.5 Å². The number of carbonyl (C=O) groups is 2. The van der Waals surface area contributed by atoms with E-state index in [0.717, 1.165) is 16.9 Å². The van der Waals surface area contributed by atoms with Crippen LogP contribution in [0.4, 0.5) is 9.52 Å². The highest BCUT2D eigenvalue weighted by atomic mass is 32.1. The van der Waals surface area contributed by atoms with Crippen LogP contribution >= 0.6 is 11.3 Å². The molecule has 2 amide bonds. The summed E-state index contributed by atoms with van der Waals surface area (Å²) < 4.78 is 13.8. The second-order valence-electron chi connectivity index (χ2n) is 6.94. The average molecular weight is 450 g/mol. The van der Waals surface area contributed by atoms with Crippen molar-refractivity contribution in [1.29, 1.82) is 0 Å². The van der Waals surface area contributed by atoms with Crippen molar-refractivity contribution in [2.24, 2.45) is 0 Å². The molecule has 10 heteroatoms. The van der Waals surface area contributed by atoms with Crippen LogP contribution in [0.1, 0.15) is 39.3 Å². The van der Waals surface area contributed by atoms with Gasteiger partial charge in [0.15, 0.2) is 11.0 Å². The molecule has 162 valence electrons. The minimum absolute atomic E-state index is 0.00118. The third-order valence-electron chi connectivity index (χ3n) is 4.54. The maximum Gasteiger partial charge on any atom is 0.260 e. The first-order valence-electron chi connectivity index (χ1n) is 9.73. The van der Waals surface area contributed by atoms with Crippen LogP contribution in [0.25, 0.3) is 0 Å². The Morgan fingerprint density at radius 2 is 1.84 bits per heavy atom. The first kappa shape index (κ1) is 21.3. The number of carbonyl (C=O) groups excluding carboxylic acids is 2. The molecule has 0 fully saturated rings. The van der Waals surface area contributed by atoms with Crippen molar-refractivity contribution in [3.05, 3.63) is 94.3 Å². The summed E-state index contributed by atoms with van der Waals surface area (Å²) in [6.07, 6.45) is -0.00118. The van der Waals surface area contributed by atoms with E-state index in [-0.39, 0.29) is 23.0 Å².